The number of hydrogen-bond acceptors (Lipinski definition) is 8. The van der Waals surface area contributed by atoms with E-state index >= 15 is 0 Å². The van der Waals surface area contributed by atoms with Gasteiger partial charge in [0.1, 0.15) is 21.9 Å². The van der Waals surface area contributed by atoms with Crippen LogP contribution >= 0.6 is 11.3 Å². The van der Waals surface area contributed by atoms with Gasteiger partial charge in [-0.15, -0.1) is 11.3 Å². The van der Waals surface area contributed by atoms with Crippen molar-refractivity contribution in [1.29, 1.82) is 0 Å². The molecule has 0 saturated heterocycles. The Morgan fingerprint density at radius 2 is 2.03 bits per heavy atom. The van der Waals surface area contributed by atoms with Gasteiger partial charge in [-0.1, -0.05) is 0 Å². The largest absolute Gasteiger partial charge is 0.433 e. The molecular weight excluding hydrogens is 493 g/mol. The zero-order chi connectivity index (χ0) is 25.7. The Labute approximate surface area is 197 Å². The first-order chi connectivity index (χ1) is 16.4. The maximum atomic E-state index is 13.6. The van der Waals surface area contributed by atoms with Gasteiger partial charge in [-0.05, 0) is 23.5 Å². The lowest BCUT2D eigenvalue weighted by Crippen LogP contribution is -2.21. The number of aromatic nitrogens is 5. The summed E-state index contributed by atoms with van der Waals surface area (Å²) in [5.74, 6) is -2.21. The summed E-state index contributed by atoms with van der Waals surface area (Å²) >= 11 is 0.601. The van der Waals surface area contributed by atoms with E-state index in [9.17, 15) is 32.9 Å². The molecule has 3 N–H and O–H groups in total. The van der Waals surface area contributed by atoms with Crippen LogP contribution in [0.3, 0.4) is 0 Å². The lowest BCUT2D eigenvalue weighted by molar-refractivity contribution is -0.389. The van der Waals surface area contributed by atoms with Crippen LogP contribution in [-0.2, 0) is 24.6 Å². The fraction of sp³-hybridized carbons (Fsp3) is 0.211. The van der Waals surface area contributed by atoms with Gasteiger partial charge < -0.3 is 21.2 Å². The highest BCUT2D eigenvalue weighted by molar-refractivity contribution is 7.21. The predicted molar refractivity (Wildman–Crippen MR) is 118 cm³/mol. The van der Waals surface area contributed by atoms with Crippen molar-refractivity contribution in [3.05, 3.63) is 50.9 Å². The SMILES string of the molecule is Cc1c(-c2cc(C(F)(F)F)nc3sc(C(N)=O)c(NC(=O)Cn4ccc([N+](=O)[O-])n4)c23)cnn1C. The Kier molecular flexibility index (Phi) is 5.75. The highest BCUT2D eigenvalue weighted by Gasteiger charge is 2.35. The summed E-state index contributed by atoms with van der Waals surface area (Å²) in [4.78, 5) is 38.2. The van der Waals surface area contributed by atoms with Crippen molar-refractivity contribution in [2.75, 3.05) is 5.32 Å². The molecule has 0 fully saturated rings. The third-order valence-electron chi connectivity index (χ3n) is 5.09. The molecule has 0 aliphatic carbocycles. The molecule has 0 aliphatic rings. The molecule has 2 amide bonds. The molecule has 0 bridgehead atoms. The summed E-state index contributed by atoms with van der Waals surface area (Å²) in [7, 11) is 1.61. The van der Waals surface area contributed by atoms with Crippen LogP contribution in [-0.4, -0.2) is 41.3 Å². The number of nitrogens with two attached hydrogens (primary N) is 1. The molecule has 35 heavy (non-hydrogen) atoms. The molecule has 0 aromatic carbocycles. The molecule has 0 spiro atoms. The van der Waals surface area contributed by atoms with E-state index in [0.29, 0.717) is 22.6 Å². The topological polar surface area (TPSA) is 164 Å². The zero-order valence-corrected chi connectivity index (χ0v) is 18.8. The number of aryl methyl sites for hydroxylation is 1. The first kappa shape index (κ1) is 23.8. The van der Waals surface area contributed by atoms with Crippen LogP contribution in [0.1, 0.15) is 21.1 Å². The molecule has 0 atom stereocenters. The number of nitrogens with one attached hydrogen (secondary N) is 1. The van der Waals surface area contributed by atoms with E-state index in [1.54, 1.807) is 14.0 Å². The van der Waals surface area contributed by atoms with Crippen molar-refractivity contribution < 1.29 is 27.7 Å². The van der Waals surface area contributed by atoms with Gasteiger partial charge in [0, 0.05) is 23.7 Å². The summed E-state index contributed by atoms with van der Waals surface area (Å²) in [6, 6.07) is 1.91. The normalized spacial score (nSPS) is 11.7. The van der Waals surface area contributed by atoms with E-state index in [1.807, 2.05) is 0 Å². The number of anilines is 1. The maximum Gasteiger partial charge on any atom is 0.433 e. The van der Waals surface area contributed by atoms with Gasteiger partial charge in [-0.2, -0.15) is 23.0 Å². The summed E-state index contributed by atoms with van der Waals surface area (Å²) in [6.45, 7) is 1.17. The molecule has 4 rings (SSSR count). The minimum atomic E-state index is -4.78. The van der Waals surface area contributed by atoms with Crippen LogP contribution in [0, 0.1) is 17.0 Å². The van der Waals surface area contributed by atoms with E-state index in [0.717, 1.165) is 16.8 Å². The summed E-state index contributed by atoms with van der Waals surface area (Å²) in [5.41, 5.74) is 5.04. The smallest absolute Gasteiger partial charge is 0.365 e. The van der Waals surface area contributed by atoms with E-state index in [1.165, 1.54) is 17.1 Å². The minimum absolute atomic E-state index is 0.0432. The number of carbonyl (C=O) groups excluding carboxylic acids is 2. The molecule has 182 valence electrons. The average Bonchev–Trinajstić information content (AvgIpc) is 3.45. The maximum absolute atomic E-state index is 13.6. The molecule has 0 unspecified atom stereocenters. The first-order valence-electron chi connectivity index (χ1n) is 9.68. The molecule has 16 heteroatoms. The number of halogens is 3. The molecule has 0 aliphatic heterocycles. The molecular formula is C19H15F3N8O4S. The molecule has 0 radical (unpaired) electrons. The lowest BCUT2D eigenvalue weighted by atomic mass is 10.0. The van der Waals surface area contributed by atoms with Gasteiger partial charge in [0.15, 0.2) is 0 Å². The highest BCUT2D eigenvalue weighted by Crippen LogP contribution is 2.44. The first-order valence-corrected chi connectivity index (χ1v) is 10.5. The van der Waals surface area contributed by atoms with Crippen molar-refractivity contribution in [2.45, 2.75) is 19.6 Å². The number of thiophene rings is 1. The van der Waals surface area contributed by atoms with Crippen LogP contribution in [0.15, 0.2) is 24.5 Å². The number of nitro groups is 1. The zero-order valence-electron chi connectivity index (χ0n) is 18.0. The van der Waals surface area contributed by atoms with E-state index in [4.69, 9.17) is 5.73 Å². The summed E-state index contributed by atoms with van der Waals surface area (Å²) < 4.78 is 43.2. The lowest BCUT2D eigenvalue weighted by Gasteiger charge is -2.12. The Balaban J connectivity index is 1.87. The average molecular weight is 508 g/mol. The van der Waals surface area contributed by atoms with Gasteiger partial charge in [0.05, 0.1) is 29.2 Å². The van der Waals surface area contributed by atoms with Gasteiger partial charge >= 0.3 is 12.0 Å². The van der Waals surface area contributed by atoms with Crippen LogP contribution in [0.2, 0.25) is 0 Å². The second-order valence-corrected chi connectivity index (χ2v) is 8.35. The van der Waals surface area contributed by atoms with Gasteiger partial charge in [0.25, 0.3) is 5.91 Å². The van der Waals surface area contributed by atoms with E-state index < -0.39 is 41.0 Å². The molecule has 4 aromatic rings. The Hall–Kier alpha value is -4.34. The van der Waals surface area contributed by atoms with Crippen LogP contribution < -0.4 is 11.1 Å². The Bertz CT molecular complexity index is 1500. The van der Waals surface area contributed by atoms with Crippen LogP contribution in [0.4, 0.5) is 24.7 Å². The van der Waals surface area contributed by atoms with Crippen molar-refractivity contribution in [2.24, 2.45) is 12.8 Å². The van der Waals surface area contributed by atoms with Gasteiger partial charge in [-0.3, -0.25) is 14.3 Å². The van der Waals surface area contributed by atoms with Gasteiger partial charge in [-0.25, -0.2) is 4.98 Å². The number of nitrogens with zero attached hydrogens (tertiary/aromatic N) is 6. The number of pyridine rings is 1. The second-order valence-electron chi connectivity index (χ2n) is 7.35. The van der Waals surface area contributed by atoms with Gasteiger partial charge in [0.2, 0.25) is 5.91 Å². The van der Waals surface area contributed by atoms with Crippen LogP contribution in [0.25, 0.3) is 21.3 Å². The minimum Gasteiger partial charge on any atom is -0.365 e. The fourth-order valence-corrected chi connectivity index (χ4v) is 4.38. The second kappa shape index (κ2) is 8.46. The van der Waals surface area contributed by atoms with E-state index in [-0.39, 0.29) is 26.3 Å². The number of rotatable bonds is 6. The van der Waals surface area contributed by atoms with E-state index in [2.05, 4.69) is 20.5 Å². The van der Waals surface area contributed by atoms with Crippen molar-refractivity contribution >= 4 is 44.9 Å². The number of carbonyl (C=O) groups is 2. The third kappa shape index (κ3) is 4.42. The summed E-state index contributed by atoms with van der Waals surface area (Å²) in [5, 5.41) is 21.1. The number of hydrogen-bond donors (Lipinski definition) is 2. The number of fused-ring (bicyclic) bond motifs is 1. The molecule has 0 saturated carbocycles. The quantitative estimate of drug-likeness (QED) is 0.299. The number of alkyl halides is 3. The predicted octanol–water partition coefficient (Wildman–Crippen LogP) is 2.87. The number of amides is 2. The molecule has 4 aromatic heterocycles. The third-order valence-corrected chi connectivity index (χ3v) is 6.18. The fourth-order valence-electron chi connectivity index (χ4n) is 3.37. The standard InChI is InChI=1S/C19H15F3N8O4S/c1-8-10(6-24-28(8)2)9-5-11(19(20,21)22)25-18-14(9)15(16(35-18)17(23)32)26-13(31)7-29-4-3-12(27-29)30(33)34/h3-6H,7H2,1-2H3,(H2,23,32)(H,26,31). The van der Waals surface area contributed by atoms with Crippen LogP contribution in [0.5, 0.6) is 0 Å². The Morgan fingerprint density at radius 1 is 1.31 bits per heavy atom. The monoisotopic (exact) mass is 508 g/mol. The summed E-state index contributed by atoms with van der Waals surface area (Å²) in [6.07, 6.45) is -2.21. The van der Waals surface area contributed by atoms with Crippen molar-refractivity contribution in [3.63, 3.8) is 0 Å². The van der Waals surface area contributed by atoms with Crippen molar-refractivity contribution in [3.8, 4) is 11.1 Å². The van der Waals surface area contributed by atoms with Crippen molar-refractivity contribution in [1.82, 2.24) is 24.5 Å². The molecule has 12 nitrogen and oxygen atoms in total. The molecule has 4 heterocycles. The Morgan fingerprint density at radius 3 is 2.57 bits per heavy atom. The number of primary amides is 1. The highest BCUT2D eigenvalue weighted by atomic mass is 32.1.